The van der Waals surface area contributed by atoms with Gasteiger partial charge in [-0.15, -0.1) is 0 Å². The lowest BCUT2D eigenvalue weighted by molar-refractivity contribution is 0.306. The van der Waals surface area contributed by atoms with Gasteiger partial charge >= 0.3 is 0 Å². The van der Waals surface area contributed by atoms with Gasteiger partial charge in [-0.3, -0.25) is 9.78 Å². The van der Waals surface area contributed by atoms with E-state index < -0.39 is 0 Å². The summed E-state index contributed by atoms with van der Waals surface area (Å²) in [5.41, 5.74) is 5.54. The predicted octanol–water partition coefficient (Wildman–Crippen LogP) is 4.60. The largest absolute Gasteiger partial charge is 0.489 e. The molecule has 154 valence electrons. The lowest BCUT2D eigenvalue weighted by Crippen LogP contribution is -2.10. The number of rotatable bonds is 7. The summed E-state index contributed by atoms with van der Waals surface area (Å²) in [4.78, 5) is 18.9. The van der Waals surface area contributed by atoms with Gasteiger partial charge in [0.1, 0.15) is 18.2 Å². The summed E-state index contributed by atoms with van der Waals surface area (Å²) in [6, 6.07) is 24.4. The number of hydrazone groups is 1. The molecule has 0 radical (unpaired) electrons. The van der Waals surface area contributed by atoms with Gasteiger partial charge < -0.3 is 4.74 Å². The smallest absolute Gasteiger partial charge is 0.252 e. The van der Waals surface area contributed by atoms with Crippen LogP contribution in [0.3, 0.4) is 0 Å². The zero-order valence-electron chi connectivity index (χ0n) is 16.5. The van der Waals surface area contributed by atoms with Gasteiger partial charge in [0.25, 0.3) is 5.56 Å². The van der Waals surface area contributed by atoms with E-state index in [1.807, 2.05) is 54.6 Å². The Kier molecular flexibility index (Phi) is 6.13. The maximum absolute atomic E-state index is 13.0. The van der Waals surface area contributed by atoms with E-state index in [0.717, 1.165) is 16.7 Å². The zero-order valence-corrected chi connectivity index (χ0v) is 16.5. The molecule has 1 aromatic heterocycles. The second-order valence-electron chi connectivity index (χ2n) is 6.70. The van der Waals surface area contributed by atoms with E-state index in [1.165, 1.54) is 18.2 Å². The van der Waals surface area contributed by atoms with Crippen molar-refractivity contribution >= 4 is 12.2 Å². The monoisotopic (exact) mass is 414 g/mol. The average Bonchev–Trinajstić information content (AvgIpc) is 2.79. The summed E-state index contributed by atoms with van der Waals surface area (Å²) < 4.78 is 18.7. The van der Waals surface area contributed by atoms with E-state index in [0.29, 0.717) is 18.1 Å². The van der Waals surface area contributed by atoms with Crippen LogP contribution in [0.4, 0.5) is 10.3 Å². The van der Waals surface area contributed by atoms with Gasteiger partial charge in [0, 0.05) is 11.6 Å². The first-order valence-electron chi connectivity index (χ1n) is 9.59. The van der Waals surface area contributed by atoms with Crippen molar-refractivity contribution in [3.8, 4) is 17.0 Å². The number of nitrogens with zero attached hydrogens (tertiary/aromatic N) is 2. The molecule has 0 spiro atoms. The molecule has 7 heteroatoms. The summed E-state index contributed by atoms with van der Waals surface area (Å²) >= 11 is 0. The summed E-state index contributed by atoms with van der Waals surface area (Å²) in [5.74, 6) is 0.622. The first kappa shape index (κ1) is 20.0. The molecule has 0 saturated carbocycles. The average molecular weight is 414 g/mol. The van der Waals surface area contributed by atoms with Gasteiger partial charge in [-0.25, -0.2) is 14.8 Å². The van der Waals surface area contributed by atoms with Crippen molar-refractivity contribution in [3.63, 3.8) is 0 Å². The first-order valence-corrected chi connectivity index (χ1v) is 9.59. The Balaban J connectivity index is 1.41. The van der Waals surface area contributed by atoms with Gasteiger partial charge in [-0.1, -0.05) is 54.6 Å². The van der Waals surface area contributed by atoms with E-state index >= 15 is 0 Å². The fourth-order valence-electron chi connectivity index (χ4n) is 2.87. The molecule has 6 nitrogen and oxygen atoms in total. The van der Waals surface area contributed by atoms with E-state index in [4.69, 9.17) is 4.74 Å². The highest BCUT2D eigenvalue weighted by molar-refractivity contribution is 5.80. The van der Waals surface area contributed by atoms with Crippen molar-refractivity contribution in [3.05, 3.63) is 112 Å². The molecule has 0 aliphatic rings. The standard InChI is InChI=1S/C24H19FN4O2/c25-20-11-9-17(10-12-20)16-31-21-8-4-5-18(13-21)15-26-29-24-27-22(14-23(30)28-24)19-6-2-1-3-7-19/h1-15H,16H2,(H2,27,28,29,30)/b26-15+. The Morgan fingerprint density at radius 3 is 2.61 bits per heavy atom. The highest BCUT2D eigenvalue weighted by Crippen LogP contribution is 2.16. The minimum atomic E-state index is -0.278. The lowest BCUT2D eigenvalue weighted by atomic mass is 10.1. The molecule has 31 heavy (non-hydrogen) atoms. The van der Waals surface area contributed by atoms with Crippen LogP contribution >= 0.6 is 0 Å². The Hall–Kier alpha value is -4.26. The quantitative estimate of drug-likeness (QED) is 0.342. The van der Waals surface area contributed by atoms with Crippen LogP contribution in [0.1, 0.15) is 11.1 Å². The van der Waals surface area contributed by atoms with Crippen LogP contribution in [-0.4, -0.2) is 16.2 Å². The third-order valence-electron chi connectivity index (χ3n) is 4.37. The van der Waals surface area contributed by atoms with Gasteiger partial charge in [0.2, 0.25) is 5.95 Å². The molecule has 0 atom stereocenters. The number of nitrogens with one attached hydrogen (secondary N) is 2. The molecule has 4 rings (SSSR count). The fourth-order valence-corrected chi connectivity index (χ4v) is 2.87. The molecule has 0 aliphatic carbocycles. The number of hydrogen-bond donors (Lipinski definition) is 2. The molecule has 2 N–H and O–H groups in total. The summed E-state index contributed by atoms with van der Waals surface area (Å²) in [7, 11) is 0. The summed E-state index contributed by atoms with van der Waals surface area (Å²) in [6.45, 7) is 0.330. The normalized spacial score (nSPS) is 10.9. The Morgan fingerprint density at radius 2 is 1.81 bits per heavy atom. The predicted molar refractivity (Wildman–Crippen MR) is 119 cm³/mol. The molecule has 0 fully saturated rings. The maximum atomic E-state index is 13.0. The highest BCUT2D eigenvalue weighted by Gasteiger charge is 2.03. The number of benzene rings is 3. The van der Waals surface area contributed by atoms with E-state index in [2.05, 4.69) is 20.5 Å². The SMILES string of the molecule is O=c1cc(-c2ccccc2)nc(N/N=C/c2cccc(OCc3ccc(F)cc3)c2)[nH]1. The molecule has 0 saturated heterocycles. The van der Waals surface area contributed by atoms with Crippen LogP contribution in [0.5, 0.6) is 5.75 Å². The van der Waals surface area contributed by atoms with E-state index in [9.17, 15) is 9.18 Å². The molecule has 3 aromatic carbocycles. The van der Waals surface area contributed by atoms with Crippen molar-refractivity contribution < 1.29 is 9.13 Å². The van der Waals surface area contributed by atoms with Crippen LogP contribution in [0, 0.1) is 5.82 Å². The topological polar surface area (TPSA) is 79.4 Å². The minimum absolute atomic E-state index is 0.242. The summed E-state index contributed by atoms with van der Waals surface area (Å²) in [6.07, 6.45) is 1.60. The number of H-pyrrole nitrogens is 1. The molecule has 0 unspecified atom stereocenters. The molecule has 0 aliphatic heterocycles. The first-order chi connectivity index (χ1) is 15.2. The third kappa shape index (κ3) is 5.63. The molecule has 0 amide bonds. The number of aromatic nitrogens is 2. The maximum Gasteiger partial charge on any atom is 0.252 e. The second-order valence-corrected chi connectivity index (χ2v) is 6.70. The Morgan fingerprint density at radius 1 is 1.00 bits per heavy atom. The minimum Gasteiger partial charge on any atom is -0.489 e. The van der Waals surface area contributed by atoms with Crippen molar-refractivity contribution in [2.45, 2.75) is 6.61 Å². The van der Waals surface area contributed by atoms with Crippen molar-refractivity contribution in [1.29, 1.82) is 0 Å². The fraction of sp³-hybridized carbons (Fsp3) is 0.0417. The zero-order chi connectivity index (χ0) is 21.5. The van der Waals surface area contributed by atoms with E-state index in [-0.39, 0.29) is 17.3 Å². The Bertz CT molecular complexity index is 1240. The van der Waals surface area contributed by atoms with Crippen molar-refractivity contribution in [2.75, 3.05) is 5.43 Å². The molecule has 0 bridgehead atoms. The van der Waals surface area contributed by atoms with Crippen molar-refractivity contribution in [2.24, 2.45) is 5.10 Å². The molecular weight excluding hydrogens is 395 g/mol. The van der Waals surface area contributed by atoms with Gasteiger partial charge in [-0.05, 0) is 35.4 Å². The molecular formula is C24H19FN4O2. The van der Waals surface area contributed by atoms with Gasteiger partial charge in [0.05, 0.1) is 11.9 Å². The van der Waals surface area contributed by atoms with Crippen LogP contribution in [0.25, 0.3) is 11.3 Å². The number of aromatic amines is 1. The highest BCUT2D eigenvalue weighted by atomic mass is 19.1. The molecule has 1 heterocycles. The van der Waals surface area contributed by atoms with Crippen LogP contribution in [0.15, 0.2) is 94.8 Å². The molecule has 4 aromatic rings. The third-order valence-corrected chi connectivity index (χ3v) is 4.37. The lowest BCUT2D eigenvalue weighted by Gasteiger charge is -2.07. The number of halogens is 1. The van der Waals surface area contributed by atoms with Crippen LogP contribution in [0.2, 0.25) is 0 Å². The van der Waals surface area contributed by atoms with Gasteiger partial charge in [-0.2, -0.15) is 5.10 Å². The van der Waals surface area contributed by atoms with Crippen LogP contribution in [-0.2, 0) is 6.61 Å². The van der Waals surface area contributed by atoms with Crippen molar-refractivity contribution in [1.82, 2.24) is 9.97 Å². The number of ether oxygens (including phenoxy) is 1. The van der Waals surface area contributed by atoms with Crippen LogP contribution < -0.4 is 15.7 Å². The Labute approximate surface area is 178 Å². The summed E-state index contributed by atoms with van der Waals surface area (Å²) in [5, 5.41) is 4.15. The number of anilines is 1. The number of hydrogen-bond acceptors (Lipinski definition) is 5. The van der Waals surface area contributed by atoms with E-state index in [1.54, 1.807) is 18.3 Å². The van der Waals surface area contributed by atoms with Gasteiger partial charge in [0.15, 0.2) is 0 Å². The second kappa shape index (κ2) is 9.49.